The van der Waals surface area contributed by atoms with Gasteiger partial charge in [-0.2, -0.15) is 0 Å². The second-order valence-electron chi connectivity index (χ2n) is 10.1. The number of methoxy groups -OCH3 is 1. The molecule has 210 valence electrons. The highest BCUT2D eigenvalue weighted by molar-refractivity contribution is 7.80. The summed E-state index contributed by atoms with van der Waals surface area (Å²) in [6.45, 7) is 4.16. The second kappa shape index (κ2) is 11.5. The summed E-state index contributed by atoms with van der Waals surface area (Å²) in [6, 6.07) is 32.9. The number of hydrogen-bond donors (Lipinski definition) is 1. The van der Waals surface area contributed by atoms with Crippen molar-refractivity contribution in [3.63, 3.8) is 0 Å². The molecule has 0 bridgehead atoms. The molecule has 0 radical (unpaired) electrons. The Morgan fingerprint density at radius 1 is 0.857 bits per heavy atom. The summed E-state index contributed by atoms with van der Waals surface area (Å²) in [7, 11) is 1.39. The van der Waals surface area contributed by atoms with Crippen LogP contribution in [0.15, 0.2) is 109 Å². The van der Waals surface area contributed by atoms with Crippen molar-refractivity contribution in [2.24, 2.45) is 0 Å². The van der Waals surface area contributed by atoms with Gasteiger partial charge in [0.25, 0.3) is 0 Å². The van der Waals surface area contributed by atoms with Gasteiger partial charge in [0, 0.05) is 29.0 Å². The van der Waals surface area contributed by atoms with E-state index < -0.39 is 0 Å². The average molecular weight is 575 g/mol. The fourth-order valence-electron chi connectivity index (χ4n) is 5.62. The first-order valence-electron chi connectivity index (χ1n) is 13.7. The molecule has 0 spiro atoms. The van der Waals surface area contributed by atoms with Crippen LogP contribution < -0.4 is 15.0 Å². The lowest BCUT2D eigenvalue weighted by atomic mass is 9.96. The number of nitrogens with zero attached hydrogens (tertiary/aromatic N) is 3. The minimum atomic E-state index is -0.369. The van der Waals surface area contributed by atoms with Gasteiger partial charge in [0.05, 0.1) is 30.5 Å². The Kier molecular flexibility index (Phi) is 7.46. The zero-order chi connectivity index (χ0) is 29.2. The molecule has 1 N–H and O–H groups in total. The summed E-state index contributed by atoms with van der Waals surface area (Å²) in [6.07, 6.45) is 1.80. The number of benzene rings is 3. The number of rotatable bonds is 7. The number of esters is 1. The fourth-order valence-corrected chi connectivity index (χ4v) is 5.97. The monoisotopic (exact) mass is 574 g/mol. The van der Waals surface area contributed by atoms with Crippen molar-refractivity contribution in [2.45, 2.75) is 25.9 Å². The Labute approximate surface area is 250 Å². The molecule has 3 aromatic carbocycles. The minimum absolute atomic E-state index is 0.183. The molecule has 1 aliphatic heterocycles. The van der Waals surface area contributed by atoms with Crippen LogP contribution in [-0.2, 0) is 4.74 Å². The van der Waals surface area contributed by atoms with Crippen LogP contribution in [0.4, 0.5) is 5.69 Å². The van der Waals surface area contributed by atoms with E-state index in [2.05, 4.69) is 34.7 Å². The van der Waals surface area contributed by atoms with Gasteiger partial charge in [0.15, 0.2) is 5.11 Å². The van der Waals surface area contributed by atoms with Crippen LogP contribution in [0.5, 0.6) is 11.5 Å². The maximum Gasteiger partial charge on any atom is 0.337 e. The van der Waals surface area contributed by atoms with Crippen LogP contribution >= 0.6 is 12.2 Å². The third kappa shape index (κ3) is 5.12. The molecule has 5 aromatic rings. The van der Waals surface area contributed by atoms with E-state index in [1.807, 2.05) is 91.0 Å². The molecule has 2 atom stereocenters. The van der Waals surface area contributed by atoms with E-state index in [4.69, 9.17) is 26.7 Å². The molecule has 2 aromatic heterocycles. The maximum absolute atomic E-state index is 12.3. The summed E-state index contributed by atoms with van der Waals surface area (Å²) in [5, 5.41) is 4.16. The van der Waals surface area contributed by atoms with Crippen molar-refractivity contribution in [1.82, 2.24) is 14.9 Å². The maximum atomic E-state index is 12.3. The van der Waals surface area contributed by atoms with Gasteiger partial charge in [0.1, 0.15) is 11.5 Å². The third-order valence-electron chi connectivity index (χ3n) is 7.51. The second-order valence-corrected chi connectivity index (χ2v) is 10.5. The summed E-state index contributed by atoms with van der Waals surface area (Å²) < 4.78 is 13.2. The van der Waals surface area contributed by atoms with Gasteiger partial charge >= 0.3 is 5.97 Å². The number of para-hydroxylation sites is 1. The molecule has 3 heterocycles. The number of carbonyl (C=O) groups is 1. The molecule has 0 unspecified atom stereocenters. The van der Waals surface area contributed by atoms with Gasteiger partial charge in [0.2, 0.25) is 0 Å². The van der Waals surface area contributed by atoms with E-state index in [-0.39, 0.29) is 18.1 Å². The van der Waals surface area contributed by atoms with Crippen molar-refractivity contribution in [2.75, 3.05) is 12.0 Å². The molecule has 6 rings (SSSR count). The molecule has 0 aliphatic carbocycles. The average Bonchev–Trinajstić information content (AvgIpc) is 3.52. The van der Waals surface area contributed by atoms with Crippen molar-refractivity contribution >= 4 is 29.0 Å². The predicted octanol–water partition coefficient (Wildman–Crippen LogP) is 7.25. The van der Waals surface area contributed by atoms with Gasteiger partial charge in [-0.1, -0.05) is 30.3 Å². The Morgan fingerprint density at radius 3 is 2.31 bits per heavy atom. The number of aryl methyl sites for hydroxylation is 1. The topological polar surface area (TPSA) is 68.6 Å². The Bertz CT molecular complexity index is 1740. The smallest absolute Gasteiger partial charge is 0.337 e. The zero-order valence-corrected chi connectivity index (χ0v) is 24.3. The molecule has 7 nitrogen and oxygen atoms in total. The molecule has 1 aliphatic rings. The number of anilines is 1. The van der Waals surface area contributed by atoms with Gasteiger partial charge in [-0.15, -0.1) is 0 Å². The number of ether oxygens (including phenoxy) is 2. The van der Waals surface area contributed by atoms with Crippen molar-refractivity contribution < 1.29 is 14.3 Å². The molecule has 0 saturated carbocycles. The lowest BCUT2D eigenvalue weighted by Crippen LogP contribution is -2.29. The minimum Gasteiger partial charge on any atom is -0.465 e. The van der Waals surface area contributed by atoms with Crippen LogP contribution in [0.2, 0.25) is 0 Å². The molecule has 42 heavy (non-hydrogen) atoms. The number of aromatic nitrogens is 2. The standard InChI is InChI=1S/C34H30N4O3S/c1-22-20-29(23(2)37(22)26-11-9-10-24(21-26)33(39)40-3)32-31(30-14-7-8-19-35-30)36-34(42)38(32)25-15-17-28(18-16-25)41-27-12-5-4-6-13-27/h4-21,31-32H,1-3H3,(H,36,42)/t31-,32+/m1/s1. The lowest BCUT2D eigenvalue weighted by molar-refractivity contribution is 0.0600. The first-order chi connectivity index (χ1) is 20.4. The van der Waals surface area contributed by atoms with Crippen LogP contribution in [0, 0.1) is 13.8 Å². The molecule has 1 fully saturated rings. The lowest BCUT2D eigenvalue weighted by Gasteiger charge is -2.28. The van der Waals surface area contributed by atoms with E-state index in [1.54, 1.807) is 12.3 Å². The summed E-state index contributed by atoms with van der Waals surface area (Å²) in [5.74, 6) is 1.15. The molecule has 1 saturated heterocycles. The first kappa shape index (κ1) is 27.2. The van der Waals surface area contributed by atoms with Crippen molar-refractivity contribution in [3.05, 3.63) is 138 Å². The Balaban J connectivity index is 1.42. The van der Waals surface area contributed by atoms with Crippen LogP contribution in [0.3, 0.4) is 0 Å². The Morgan fingerprint density at radius 2 is 1.60 bits per heavy atom. The predicted molar refractivity (Wildman–Crippen MR) is 167 cm³/mol. The van der Waals surface area contributed by atoms with E-state index in [9.17, 15) is 4.79 Å². The number of pyridine rings is 1. The van der Waals surface area contributed by atoms with Crippen LogP contribution in [0.25, 0.3) is 5.69 Å². The van der Waals surface area contributed by atoms with Crippen molar-refractivity contribution in [1.29, 1.82) is 0 Å². The highest BCUT2D eigenvalue weighted by Crippen LogP contribution is 2.44. The SMILES string of the molecule is COC(=O)c1cccc(-n2c(C)cc([C@H]3[C@@H](c4ccccn4)NC(=S)N3c3ccc(Oc4ccccc4)cc3)c2C)c1. The number of hydrogen-bond acceptors (Lipinski definition) is 5. The Hall–Kier alpha value is -4.95. The van der Waals surface area contributed by atoms with Crippen LogP contribution in [0.1, 0.15) is 45.1 Å². The summed E-state index contributed by atoms with van der Waals surface area (Å²) in [4.78, 5) is 19.1. The van der Waals surface area contributed by atoms with E-state index in [0.717, 1.165) is 45.5 Å². The third-order valence-corrected chi connectivity index (χ3v) is 7.82. The van der Waals surface area contributed by atoms with Gasteiger partial charge < -0.3 is 24.3 Å². The zero-order valence-electron chi connectivity index (χ0n) is 23.5. The van der Waals surface area contributed by atoms with Gasteiger partial charge in [-0.3, -0.25) is 4.98 Å². The van der Waals surface area contributed by atoms with Crippen molar-refractivity contribution in [3.8, 4) is 17.2 Å². The molecule has 8 heteroatoms. The highest BCUT2D eigenvalue weighted by atomic mass is 32.1. The van der Waals surface area contributed by atoms with E-state index in [1.165, 1.54) is 7.11 Å². The summed E-state index contributed by atoms with van der Waals surface area (Å²) >= 11 is 5.95. The summed E-state index contributed by atoms with van der Waals surface area (Å²) in [5.41, 5.74) is 6.40. The van der Waals surface area contributed by atoms with E-state index in [0.29, 0.717) is 10.7 Å². The first-order valence-corrected chi connectivity index (χ1v) is 14.1. The fraction of sp³-hybridized carbons (Fsp3) is 0.147. The van der Waals surface area contributed by atoms with Gasteiger partial charge in [-0.05, 0) is 104 Å². The van der Waals surface area contributed by atoms with Crippen LogP contribution in [-0.4, -0.2) is 27.7 Å². The molecular formula is C34H30N4O3S. The molecular weight excluding hydrogens is 544 g/mol. The quantitative estimate of drug-likeness (QED) is 0.162. The van der Waals surface area contributed by atoms with E-state index >= 15 is 0 Å². The number of thiocarbonyl (C=S) groups is 1. The molecule has 0 amide bonds. The highest BCUT2D eigenvalue weighted by Gasteiger charge is 2.42. The number of carbonyl (C=O) groups excluding carboxylic acids is 1. The normalized spacial score (nSPS) is 16.3. The van der Waals surface area contributed by atoms with Gasteiger partial charge in [-0.25, -0.2) is 4.79 Å². The largest absolute Gasteiger partial charge is 0.465 e. The number of nitrogens with one attached hydrogen (secondary N) is 1.